The monoisotopic (exact) mass is 286 g/mol. The Morgan fingerprint density at radius 1 is 1.30 bits per heavy atom. The molecule has 1 N–H and O–H groups in total. The third-order valence-corrected chi connectivity index (χ3v) is 4.52. The maximum Gasteiger partial charge on any atom is 0.335 e. The number of aryl methyl sites for hydroxylation is 2. The third-order valence-electron chi connectivity index (χ3n) is 3.49. The quantitative estimate of drug-likeness (QED) is 0.878. The highest BCUT2D eigenvalue weighted by molar-refractivity contribution is 7.99. The van der Waals surface area contributed by atoms with Gasteiger partial charge in [-0.05, 0) is 43.9 Å². The Bertz CT molecular complexity index is 686. The Kier molecular flexibility index (Phi) is 3.44. The summed E-state index contributed by atoms with van der Waals surface area (Å²) >= 11 is 1.52. The number of benzene rings is 1. The number of aromatic nitrogens is 2. The second kappa shape index (κ2) is 5.25. The molecule has 1 heterocycles. The number of carboxylic acid groups (broad SMARTS) is 1. The first kappa shape index (κ1) is 13.1. The third kappa shape index (κ3) is 2.41. The number of hydrogen-bond acceptors (Lipinski definition) is 4. The fraction of sp³-hybridized carbons (Fsp3) is 0.267. The van der Waals surface area contributed by atoms with E-state index in [2.05, 4.69) is 9.97 Å². The van der Waals surface area contributed by atoms with Gasteiger partial charge in [0.25, 0.3) is 0 Å². The molecule has 1 aliphatic rings. The maximum atomic E-state index is 11.2. The lowest BCUT2D eigenvalue weighted by atomic mass is 10.1. The van der Waals surface area contributed by atoms with Crippen molar-refractivity contribution in [2.24, 2.45) is 0 Å². The lowest BCUT2D eigenvalue weighted by Gasteiger charge is -2.08. The van der Waals surface area contributed by atoms with Crippen LogP contribution in [0.4, 0.5) is 0 Å². The van der Waals surface area contributed by atoms with Crippen molar-refractivity contribution in [3.8, 4) is 0 Å². The molecule has 0 saturated carbocycles. The van der Waals surface area contributed by atoms with Gasteiger partial charge in [-0.1, -0.05) is 17.8 Å². The maximum absolute atomic E-state index is 11.2. The van der Waals surface area contributed by atoms with Crippen LogP contribution in [-0.2, 0) is 12.8 Å². The van der Waals surface area contributed by atoms with Gasteiger partial charge in [0.15, 0.2) is 0 Å². The lowest BCUT2D eigenvalue weighted by molar-refractivity contribution is 0.0696. The van der Waals surface area contributed by atoms with E-state index in [0.717, 1.165) is 40.4 Å². The highest BCUT2D eigenvalue weighted by Crippen LogP contribution is 2.34. The first-order valence-electron chi connectivity index (χ1n) is 6.49. The number of nitrogens with zero attached hydrogens (tertiary/aromatic N) is 2. The topological polar surface area (TPSA) is 63.1 Å². The molecule has 0 bridgehead atoms. The van der Waals surface area contributed by atoms with Crippen molar-refractivity contribution >= 4 is 17.7 Å². The van der Waals surface area contributed by atoms with Crippen LogP contribution in [0.3, 0.4) is 0 Å². The molecule has 0 unspecified atom stereocenters. The SMILES string of the molecule is Cc1ccc(Sc2ncnc3c2CCC3)cc1C(=O)O. The second-order valence-corrected chi connectivity index (χ2v) is 5.90. The Morgan fingerprint density at radius 3 is 2.95 bits per heavy atom. The standard InChI is InChI=1S/C15H14N2O2S/c1-9-5-6-10(7-12(9)15(18)19)20-14-11-3-2-4-13(11)16-8-17-14/h5-8H,2-4H2,1H3,(H,18,19). The van der Waals surface area contributed by atoms with Crippen molar-refractivity contribution in [3.63, 3.8) is 0 Å². The predicted molar refractivity (Wildman–Crippen MR) is 76.3 cm³/mol. The van der Waals surface area contributed by atoms with E-state index >= 15 is 0 Å². The Morgan fingerprint density at radius 2 is 2.15 bits per heavy atom. The molecular weight excluding hydrogens is 272 g/mol. The van der Waals surface area contributed by atoms with E-state index in [1.165, 1.54) is 17.3 Å². The number of carbonyl (C=O) groups is 1. The Labute approximate surface area is 121 Å². The largest absolute Gasteiger partial charge is 0.478 e. The number of carboxylic acids is 1. The van der Waals surface area contributed by atoms with Gasteiger partial charge in [-0.15, -0.1) is 0 Å². The van der Waals surface area contributed by atoms with Crippen LogP contribution < -0.4 is 0 Å². The van der Waals surface area contributed by atoms with E-state index in [1.54, 1.807) is 19.3 Å². The normalized spacial score (nSPS) is 13.2. The van der Waals surface area contributed by atoms with Gasteiger partial charge < -0.3 is 5.11 Å². The summed E-state index contributed by atoms with van der Waals surface area (Å²) in [5, 5.41) is 10.1. The zero-order chi connectivity index (χ0) is 14.1. The van der Waals surface area contributed by atoms with Crippen LogP contribution >= 0.6 is 11.8 Å². The van der Waals surface area contributed by atoms with Gasteiger partial charge in [0.2, 0.25) is 0 Å². The molecule has 102 valence electrons. The van der Waals surface area contributed by atoms with Crippen molar-refractivity contribution in [2.45, 2.75) is 36.1 Å². The van der Waals surface area contributed by atoms with Crippen LogP contribution in [0.15, 0.2) is 34.4 Å². The van der Waals surface area contributed by atoms with Crippen molar-refractivity contribution in [3.05, 3.63) is 46.9 Å². The molecule has 0 atom stereocenters. The molecule has 5 heteroatoms. The van der Waals surface area contributed by atoms with Gasteiger partial charge in [0.05, 0.1) is 5.56 Å². The molecule has 1 aromatic heterocycles. The van der Waals surface area contributed by atoms with Gasteiger partial charge in [-0.25, -0.2) is 14.8 Å². The molecule has 1 aromatic carbocycles. The summed E-state index contributed by atoms with van der Waals surface area (Å²) < 4.78 is 0. The van der Waals surface area contributed by atoms with Gasteiger partial charge in [0.1, 0.15) is 11.4 Å². The summed E-state index contributed by atoms with van der Waals surface area (Å²) in [4.78, 5) is 20.7. The highest BCUT2D eigenvalue weighted by atomic mass is 32.2. The van der Waals surface area contributed by atoms with Crippen LogP contribution in [0, 0.1) is 6.92 Å². The average molecular weight is 286 g/mol. The van der Waals surface area contributed by atoms with Gasteiger partial charge in [-0.3, -0.25) is 0 Å². The molecule has 20 heavy (non-hydrogen) atoms. The zero-order valence-corrected chi connectivity index (χ0v) is 11.9. The van der Waals surface area contributed by atoms with Crippen LogP contribution in [0.5, 0.6) is 0 Å². The minimum atomic E-state index is -0.891. The van der Waals surface area contributed by atoms with Crippen molar-refractivity contribution in [1.82, 2.24) is 9.97 Å². The molecular formula is C15H14N2O2S. The van der Waals surface area contributed by atoms with Gasteiger partial charge in [-0.2, -0.15) is 0 Å². The first-order valence-corrected chi connectivity index (χ1v) is 7.31. The molecule has 0 amide bonds. The minimum Gasteiger partial charge on any atom is -0.478 e. The molecule has 4 nitrogen and oxygen atoms in total. The minimum absolute atomic E-state index is 0.348. The Balaban J connectivity index is 1.94. The Hall–Kier alpha value is -1.88. The van der Waals surface area contributed by atoms with Crippen LogP contribution in [-0.4, -0.2) is 21.0 Å². The van der Waals surface area contributed by atoms with E-state index in [1.807, 2.05) is 12.1 Å². The molecule has 2 aromatic rings. The molecule has 3 rings (SSSR count). The zero-order valence-electron chi connectivity index (χ0n) is 11.1. The van der Waals surface area contributed by atoms with Crippen LogP contribution in [0.25, 0.3) is 0 Å². The van der Waals surface area contributed by atoms with Crippen molar-refractivity contribution < 1.29 is 9.90 Å². The summed E-state index contributed by atoms with van der Waals surface area (Å²) in [5.74, 6) is -0.891. The summed E-state index contributed by atoms with van der Waals surface area (Å²) in [6.45, 7) is 1.81. The summed E-state index contributed by atoms with van der Waals surface area (Å²) in [6, 6.07) is 5.49. The van der Waals surface area contributed by atoms with E-state index in [0.29, 0.717) is 5.56 Å². The van der Waals surface area contributed by atoms with E-state index in [-0.39, 0.29) is 0 Å². The lowest BCUT2D eigenvalue weighted by Crippen LogP contribution is -2.00. The summed E-state index contributed by atoms with van der Waals surface area (Å²) in [7, 11) is 0. The summed E-state index contributed by atoms with van der Waals surface area (Å²) in [6.07, 6.45) is 4.74. The number of aromatic carboxylic acids is 1. The average Bonchev–Trinajstić information content (AvgIpc) is 2.90. The second-order valence-electron chi connectivity index (χ2n) is 4.84. The molecule has 0 aliphatic heterocycles. The number of fused-ring (bicyclic) bond motifs is 1. The predicted octanol–water partition coefficient (Wildman–Crippen LogP) is 3.12. The van der Waals surface area contributed by atoms with Crippen molar-refractivity contribution in [2.75, 3.05) is 0 Å². The number of rotatable bonds is 3. The molecule has 0 spiro atoms. The summed E-state index contributed by atoms with van der Waals surface area (Å²) in [5.41, 5.74) is 3.47. The number of hydrogen-bond donors (Lipinski definition) is 1. The van der Waals surface area contributed by atoms with Crippen molar-refractivity contribution in [1.29, 1.82) is 0 Å². The fourth-order valence-electron chi connectivity index (χ4n) is 2.42. The first-order chi connectivity index (χ1) is 9.65. The molecule has 0 saturated heterocycles. The van der Waals surface area contributed by atoms with Gasteiger partial charge >= 0.3 is 5.97 Å². The molecule has 0 radical (unpaired) electrons. The molecule has 1 aliphatic carbocycles. The smallest absolute Gasteiger partial charge is 0.335 e. The van der Waals surface area contributed by atoms with E-state index < -0.39 is 5.97 Å². The van der Waals surface area contributed by atoms with E-state index in [4.69, 9.17) is 0 Å². The van der Waals surface area contributed by atoms with Gasteiger partial charge in [0, 0.05) is 16.2 Å². The van der Waals surface area contributed by atoms with Crippen LogP contribution in [0.2, 0.25) is 0 Å². The van der Waals surface area contributed by atoms with E-state index in [9.17, 15) is 9.90 Å². The fourth-order valence-corrected chi connectivity index (χ4v) is 3.40. The van der Waals surface area contributed by atoms with Crippen LogP contribution in [0.1, 0.15) is 33.6 Å². The molecule has 0 fully saturated rings. The highest BCUT2D eigenvalue weighted by Gasteiger charge is 2.18.